The first-order valence-corrected chi connectivity index (χ1v) is 7.94. The summed E-state index contributed by atoms with van der Waals surface area (Å²) in [6.45, 7) is 7.94. The zero-order valence-electron chi connectivity index (χ0n) is 12.9. The Hall–Kier alpha value is -0.160. The molecule has 4 nitrogen and oxygen atoms in total. The van der Waals surface area contributed by atoms with Gasteiger partial charge in [-0.2, -0.15) is 0 Å². The van der Waals surface area contributed by atoms with Crippen LogP contribution in [-0.4, -0.2) is 74.9 Å². The number of hydrogen-bond donors (Lipinski definition) is 1. The summed E-state index contributed by atoms with van der Waals surface area (Å²) >= 11 is 0. The van der Waals surface area contributed by atoms with E-state index >= 15 is 0 Å². The molecule has 0 amide bonds. The first-order chi connectivity index (χ1) is 9.19. The predicted molar refractivity (Wildman–Crippen MR) is 79.6 cm³/mol. The smallest absolute Gasteiger partial charge is 0.0707 e. The van der Waals surface area contributed by atoms with Crippen LogP contribution in [0.3, 0.4) is 0 Å². The molecular weight excluding hydrogens is 238 g/mol. The topological polar surface area (TPSA) is 27.7 Å². The number of rotatable bonds is 7. The Morgan fingerprint density at radius 2 is 2.00 bits per heavy atom. The van der Waals surface area contributed by atoms with E-state index in [1.165, 1.54) is 38.8 Å². The molecule has 2 aliphatic rings. The minimum atomic E-state index is 0.448. The van der Waals surface area contributed by atoms with Crippen molar-refractivity contribution in [1.82, 2.24) is 15.1 Å². The standard InChI is InChI=1S/C15H31N3O/c1-4-8-16-10-14-5-6-15(19-14)12-18-9-7-13(11-18)17(2)3/h13-16H,4-12H2,1-3H3. The highest BCUT2D eigenvalue weighted by Gasteiger charge is 2.30. The van der Waals surface area contributed by atoms with E-state index in [1.54, 1.807) is 0 Å². The average molecular weight is 269 g/mol. The van der Waals surface area contributed by atoms with Gasteiger partial charge in [-0.05, 0) is 52.9 Å². The van der Waals surface area contributed by atoms with Gasteiger partial charge in [0.15, 0.2) is 0 Å². The third-order valence-electron chi connectivity index (χ3n) is 4.43. The second-order valence-electron chi connectivity index (χ2n) is 6.33. The summed E-state index contributed by atoms with van der Waals surface area (Å²) in [5.41, 5.74) is 0. The van der Waals surface area contributed by atoms with Gasteiger partial charge in [0, 0.05) is 25.7 Å². The van der Waals surface area contributed by atoms with Crippen molar-refractivity contribution in [3.63, 3.8) is 0 Å². The van der Waals surface area contributed by atoms with Gasteiger partial charge in [0.25, 0.3) is 0 Å². The van der Waals surface area contributed by atoms with E-state index in [4.69, 9.17) is 4.74 Å². The fourth-order valence-electron chi connectivity index (χ4n) is 3.19. The molecule has 0 radical (unpaired) electrons. The van der Waals surface area contributed by atoms with Gasteiger partial charge in [-0.1, -0.05) is 6.92 Å². The SMILES string of the molecule is CCCNCC1CCC(CN2CCC(N(C)C)C2)O1. The Kier molecular flexibility index (Phi) is 6.07. The summed E-state index contributed by atoms with van der Waals surface area (Å²) in [5, 5.41) is 3.47. The summed E-state index contributed by atoms with van der Waals surface area (Å²) in [6.07, 6.45) is 5.89. The Bertz CT molecular complexity index is 260. The van der Waals surface area contributed by atoms with Gasteiger partial charge >= 0.3 is 0 Å². The van der Waals surface area contributed by atoms with Crippen molar-refractivity contribution in [2.45, 2.75) is 50.9 Å². The van der Waals surface area contributed by atoms with Crippen molar-refractivity contribution < 1.29 is 4.74 Å². The van der Waals surface area contributed by atoms with Crippen LogP contribution in [0.1, 0.15) is 32.6 Å². The maximum atomic E-state index is 6.15. The van der Waals surface area contributed by atoms with Crippen molar-refractivity contribution in [3.8, 4) is 0 Å². The highest BCUT2D eigenvalue weighted by atomic mass is 16.5. The molecule has 0 aromatic carbocycles. The molecule has 0 aliphatic carbocycles. The van der Waals surface area contributed by atoms with Crippen LogP contribution in [0.25, 0.3) is 0 Å². The van der Waals surface area contributed by atoms with Crippen LogP contribution >= 0.6 is 0 Å². The minimum absolute atomic E-state index is 0.448. The summed E-state index contributed by atoms with van der Waals surface area (Å²) < 4.78 is 6.15. The molecule has 0 bridgehead atoms. The zero-order chi connectivity index (χ0) is 13.7. The molecule has 3 atom stereocenters. The summed E-state index contributed by atoms with van der Waals surface area (Å²) in [6, 6.07) is 0.739. The van der Waals surface area contributed by atoms with Gasteiger partial charge in [0.1, 0.15) is 0 Å². The number of nitrogens with one attached hydrogen (secondary N) is 1. The lowest BCUT2D eigenvalue weighted by atomic mass is 10.2. The molecule has 1 N–H and O–H groups in total. The fourth-order valence-corrected chi connectivity index (χ4v) is 3.19. The number of likely N-dealkylation sites (N-methyl/N-ethyl adjacent to an activating group) is 1. The van der Waals surface area contributed by atoms with Gasteiger partial charge in [0.2, 0.25) is 0 Å². The fraction of sp³-hybridized carbons (Fsp3) is 1.00. The van der Waals surface area contributed by atoms with E-state index in [0.29, 0.717) is 12.2 Å². The summed E-state index contributed by atoms with van der Waals surface area (Å²) in [7, 11) is 4.38. The first-order valence-electron chi connectivity index (χ1n) is 7.94. The second kappa shape index (κ2) is 7.58. The molecule has 0 aromatic heterocycles. The van der Waals surface area contributed by atoms with E-state index < -0.39 is 0 Å². The van der Waals surface area contributed by atoms with Crippen LogP contribution in [0, 0.1) is 0 Å². The quantitative estimate of drug-likeness (QED) is 0.702. The molecule has 2 fully saturated rings. The Balaban J connectivity index is 1.63. The maximum absolute atomic E-state index is 6.15. The molecule has 19 heavy (non-hydrogen) atoms. The van der Waals surface area contributed by atoms with Crippen LogP contribution in [0.5, 0.6) is 0 Å². The molecular formula is C15H31N3O. The van der Waals surface area contributed by atoms with E-state index in [1.807, 2.05) is 0 Å². The molecule has 0 saturated carbocycles. The minimum Gasteiger partial charge on any atom is -0.372 e. The number of ether oxygens (including phenoxy) is 1. The summed E-state index contributed by atoms with van der Waals surface area (Å²) in [4.78, 5) is 4.93. The zero-order valence-corrected chi connectivity index (χ0v) is 12.9. The molecule has 2 rings (SSSR count). The lowest BCUT2D eigenvalue weighted by molar-refractivity contribution is 0.0267. The number of hydrogen-bond acceptors (Lipinski definition) is 4. The molecule has 4 heteroatoms. The first kappa shape index (κ1) is 15.2. The highest BCUT2D eigenvalue weighted by Crippen LogP contribution is 2.22. The van der Waals surface area contributed by atoms with Gasteiger partial charge in [-0.3, -0.25) is 4.90 Å². The van der Waals surface area contributed by atoms with Crippen LogP contribution in [0.15, 0.2) is 0 Å². The average Bonchev–Trinajstić information content (AvgIpc) is 3.00. The van der Waals surface area contributed by atoms with E-state index in [9.17, 15) is 0 Å². The van der Waals surface area contributed by atoms with Crippen LogP contribution < -0.4 is 5.32 Å². The van der Waals surface area contributed by atoms with Gasteiger partial charge < -0.3 is 15.0 Å². The van der Waals surface area contributed by atoms with Crippen LogP contribution in [0.4, 0.5) is 0 Å². The molecule has 2 heterocycles. The van der Waals surface area contributed by atoms with Crippen molar-refractivity contribution in [2.75, 3.05) is 46.8 Å². The van der Waals surface area contributed by atoms with Crippen molar-refractivity contribution in [2.24, 2.45) is 0 Å². The Morgan fingerprint density at radius 3 is 2.68 bits per heavy atom. The molecule has 112 valence electrons. The maximum Gasteiger partial charge on any atom is 0.0707 e. The van der Waals surface area contributed by atoms with Crippen molar-refractivity contribution in [1.29, 1.82) is 0 Å². The molecule has 3 unspecified atom stereocenters. The van der Waals surface area contributed by atoms with E-state index in [2.05, 4.69) is 36.1 Å². The molecule has 2 aliphatic heterocycles. The third-order valence-corrected chi connectivity index (χ3v) is 4.43. The van der Waals surface area contributed by atoms with Gasteiger partial charge in [-0.25, -0.2) is 0 Å². The van der Waals surface area contributed by atoms with E-state index in [0.717, 1.165) is 25.7 Å². The largest absolute Gasteiger partial charge is 0.372 e. The molecule has 0 spiro atoms. The molecule has 0 aromatic rings. The Labute approximate surface area is 118 Å². The van der Waals surface area contributed by atoms with Crippen molar-refractivity contribution in [3.05, 3.63) is 0 Å². The lowest BCUT2D eigenvalue weighted by Gasteiger charge is -2.23. The second-order valence-corrected chi connectivity index (χ2v) is 6.33. The van der Waals surface area contributed by atoms with Gasteiger partial charge in [-0.15, -0.1) is 0 Å². The predicted octanol–water partition coefficient (Wildman–Crippen LogP) is 1.17. The normalized spacial score (nSPS) is 32.5. The highest BCUT2D eigenvalue weighted by molar-refractivity contribution is 4.84. The van der Waals surface area contributed by atoms with Crippen LogP contribution in [-0.2, 0) is 4.74 Å². The summed E-state index contributed by atoms with van der Waals surface area (Å²) in [5.74, 6) is 0. The number of nitrogens with zero attached hydrogens (tertiary/aromatic N) is 2. The monoisotopic (exact) mass is 269 g/mol. The molecule has 2 saturated heterocycles. The Morgan fingerprint density at radius 1 is 1.21 bits per heavy atom. The number of likely N-dealkylation sites (tertiary alicyclic amines) is 1. The van der Waals surface area contributed by atoms with E-state index in [-0.39, 0.29) is 0 Å². The van der Waals surface area contributed by atoms with Crippen molar-refractivity contribution >= 4 is 0 Å². The van der Waals surface area contributed by atoms with Gasteiger partial charge in [0.05, 0.1) is 12.2 Å². The van der Waals surface area contributed by atoms with Crippen LogP contribution in [0.2, 0.25) is 0 Å². The lowest BCUT2D eigenvalue weighted by Crippen LogP contribution is -2.35. The third kappa shape index (κ3) is 4.71.